The molecule has 1 atom stereocenters. The summed E-state index contributed by atoms with van der Waals surface area (Å²) >= 11 is 0. The van der Waals surface area contributed by atoms with Crippen LogP contribution >= 0.6 is 0 Å². The van der Waals surface area contributed by atoms with Gasteiger partial charge in [0.2, 0.25) is 11.9 Å². The number of carbonyl (C=O) groups is 2. The molecular formula is C21H26N8O3. The minimum absolute atomic E-state index is 0.0263. The number of amides is 2. The molecule has 0 fully saturated rings. The molecule has 1 aromatic carbocycles. The fourth-order valence-corrected chi connectivity index (χ4v) is 3.19. The zero-order valence-electron chi connectivity index (χ0n) is 18.0. The van der Waals surface area contributed by atoms with E-state index in [0.717, 1.165) is 5.69 Å². The van der Waals surface area contributed by atoms with Crippen molar-refractivity contribution in [1.82, 2.24) is 25.1 Å². The lowest BCUT2D eigenvalue weighted by atomic mass is 10.0. The van der Waals surface area contributed by atoms with Gasteiger partial charge in [-0.1, -0.05) is 19.9 Å². The summed E-state index contributed by atoms with van der Waals surface area (Å²) in [6, 6.07) is 8.34. The van der Waals surface area contributed by atoms with E-state index in [1.54, 1.807) is 41.3 Å². The minimum Gasteiger partial charge on any atom is -0.365 e. The number of anilines is 3. The Balaban J connectivity index is 1.97. The topological polar surface area (TPSA) is 160 Å². The summed E-state index contributed by atoms with van der Waals surface area (Å²) in [4.78, 5) is 43.6. The van der Waals surface area contributed by atoms with E-state index in [9.17, 15) is 14.4 Å². The molecule has 0 radical (unpaired) electrons. The summed E-state index contributed by atoms with van der Waals surface area (Å²) in [7, 11) is 1.53. The number of nitrogens with two attached hydrogens (primary N) is 1. The molecule has 3 rings (SSSR count). The quantitative estimate of drug-likeness (QED) is 0.337. The van der Waals surface area contributed by atoms with Crippen molar-refractivity contribution in [3.05, 3.63) is 58.6 Å². The van der Waals surface area contributed by atoms with E-state index < -0.39 is 17.5 Å². The number of aromatic amines is 1. The molecule has 11 nitrogen and oxygen atoms in total. The van der Waals surface area contributed by atoms with Gasteiger partial charge < -0.3 is 21.7 Å². The highest BCUT2D eigenvalue weighted by atomic mass is 16.2. The molecule has 2 amide bonds. The fourth-order valence-electron chi connectivity index (χ4n) is 3.19. The van der Waals surface area contributed by atoms with Crippen LogP contribution in [0.15, 0.2) is 47.5 Å². The number of nitrogens with one attached hydrogen (secondary N) is 4. The summed E-state index contributed by atoms with van der Waals surface area (Å²) in [5, 5.41) is 12.7. The highest BCUT2D eigenvalue weighted by Crippen LogP contribution is 2.21. The van der Waals surface area contributed by atoms with Crippen molar-refractivity contribution in [1.29, 1.82) is 0 Å². The Kier molecular flexibility index (Phi) is 6.88. The normalized spacial score (nSPS) is 11.8. The molecule has 6 N–H and O–H groups in total. The van der Waals surface area contributed by atoms with Crippen molar-refractivity contribution < 1.29 is 9.59 Å². The van der Waals surface area contributed by atoms with Crippen molar-refractivity contribution in [2.75, 3.05) is 17.7 Å². The van der Waals surface area contributed by atoms with Crippen molar-refractivity contribution in [2.24, 2.45) is 11.7 Å². The van der Waals surface area contributed by atoms with E-state index >= 15 is 0 Å². The molecular weight excluding hydrogens is 412 g/mol. The van der Waals surface area contributed by atoms with Gasteiger partial charge >= 0.3 is 0 Å². The van der Waals surface area contributed by atoms with E-state index in [4.69, 9.17) is 5.73 Å². The van der Waals surface area contributed by atoms with Crippen LogP contribution in [0.5, 0.6) is 0 Å². The maximum Gasteiger partial charge on any atom is 0.267 e. The minimum atomic E-state index is -0.930. The highest BCUT2D eigenvalue weighted by Gasteiger charge is 2.22. The first-order valence-corrected chi connectivity index (χ1v) is 10.1. The predicted octanol–water partition coefficient (Wildman–Crippen LogP) is 1.37. The van der Waals surface area contributed by atoms with Gasteiger partial charge in [-0.3, -0.25) is 19.4 Å². The molecule has 0 saturated carbocycles. The largest absolute Gasteiger partial charge is 0.365 e. The van der Waals surface area contributed by atoms with Gasteiger partial charge in [0.15, 0.2) is 5.82 Å². The number of hydrogen-bond donors (Lipinski definition) is 5. The van der Waals surface area contributed by atoms with Gasteiger partial charge in [-0.2, -0.15) is 10.1 Å². The molecule has 0 aliphatic heterocycles. The van der Waals surface area contributed by atoms with Crippen LogP contribution in [0.2, 0.25) is 0 Å². The molecule has 1 unspecified atom stereocenters. The third-order valence-corrected chi connectivity index (χ3v) is 4.62. The Morgan fingerprint density at radius 1 is 1.25 bits per heavy atom. The first kappa shape index (κ1) is 22.5. The zero-order valence-corrected chi connectivity index (χ0v) is 18.0. The first-order chi connectivity index (χ1) is 15.3. The number of aromatic nitrogens is 4. The van der Waals surface area contributed by atoms with Gasteiger partial charge in [-0.15, -0.1) is 0 Å². The van der Waals surface area contributed by atoms with E-state index in [0.29, 0.717) is 12.1 Å². The number of carbonyl (C=O) groups excluding carboxylic acids is 2. The van der Waals surface area contributed by atoms with Crippen molar-refractivity contribution >= 4 is 29.3 Å². The van der Waals surface area contributed by atoms with Crippen LogP contribution in [0.4, 0.5) is 17.5 Å². The van der Waals surface area contributed by atoms with E-state index in [-0.39, 0.29) is 29.2 Å². The number of rotatable bonds is 9. The maximum atomic E-state index is 12.6. The number of H-pyrrole nitrogens is 1. The van der Waals surface area contributed by atoms with Gasteiger partial charge in [0.25, 0.3) is 11.5 Å². The number of benzene rings is 1. The van der Waals surface area contributed by atoms with Crippen LogP contribution < -0.4 is 27.2 Å². The van der Waals surface area contributed by atoms with Gasteiger partial charge in [0.1, 0.15) is 11.6 Å². The monoisotopic (exact) mass is 438 g/mol. The molecule has 168 valence electrons. The molecule has 0 aliphatic rings. The maximum absolute atomic E-state index is 12.6. The lowest BCUT2D eigenvalue weighted by molar-refractivity contribution is -0.121. The molecule has 2 heterocycles. The lowest BCUT2D eigenvalue weighted by Gasteiger charge is -2.20. The van der Waals surface area contributed by atoms with Crippen LogP contribution in [0, 0.1) is 5.92 Å². The Morgan fingerprint density at radius 3 is 2.66 bits per heavy atom. The number of nitrogens with zero attached hydrogens (tertiary/aromatic N) is 3. The third-order valence-electron chi connectivity index (χ3n) is 4.62. The van der Waals surface area contributed by atoms with Crippen LogP contribution in [0.1, 0.15) is 30.6 Å². The van der Waals surface area contributed by atoms with E-state index in [2.05, 4.69) is 31.0 Å². The average Bonchev–Trinajstić information content (AvgIpc) is 3.27. The first-order valence-electron chi connectivity index (χ1n) is 10.1. The highest BCUT2D eigenvalue weighted by molar-refractivity contribution is 5.98. The van der Waals surface area contributed by atoms with Crippen LogP contribution in [-0.2, 0) is 4.79 Å². The van der Waals surface area contributed by atoms with Crippen LogP contribution in [-0.4, -0.2) is 44.7 Å². The number of likely N-dealkylation sites (N-methyl/N-ethyl adjacent to an activating group) is 1. The molecule has 0 spiro atoms. The van der Waals surface area contributed by atoms with Crippen LogP contribution in [0.25, 0.3) is 5.69 Å². The van der Waals surface area contributed by atoms with Gasteiger partial charge in [-0.25, -0.2) is 4.68 Å². The van der Waals surface area contributed by atoms with E-state index in [1.165, 1.54) is 7.05 Å². The summed E-state index contributed by atoms with van der Waals surface area (Å²) in [5.74, 6) is -0.951. The summed E-state index contributed by atoms with van der Waals surface area (Å²) in [6.45, 7) is 3.95. The standard InChI is InChI=1S/C21H26N8O3/c1-12(2)10-15(19(31)23-3)26-21-27-18(16(17(22)30)20(32)28-21)25-13-6-4-7-14(11-13)29-9-5-8-24-29/h4-9,11-12,15H,10H2,1-3H3,(H2,22,30)(H,23,31)(H3,25,26,27,28,32). The smallest absolute Gasteiger partial charge is 0.267 e. The molecule has 0 saturated heterocycles. The van der Waals surface area contributed by atoms with Gasteiger partial charge in [0.05, 0.1) is 5.69 Å². The average molecular weight is 438 g/mol. The lowest BCUT2D eigenvalue weighted by Crippen LogP contribution is -2.40. The van der Waals surface area contributed by atoms with Crippen molar-refractivity contribution in [2.45, 2.75) is 26.3 Å². The fraction of sp³-hybridized carbons (Fsp3) is 0.286. The number of hydrogen-bond acceptors (Lipinski definition) is 7. The second kappa shape index (κ2) is 9.77. The second-order valence-corrected chi connectivity index (χ2v) is 7.57. The van der Waals surface area contributed by atoms with Gasteiger partial charge in [0, 0.05) is 25.1 Å². The molecule has 32 heavy (non-hydrogen) atoms. The predicted molar refractivity (Wildman–Crippen MR) is 121 cm³/mol. The second-order valence-electron chi connectivity index (χ2n) is 7.57. The molecule has 2 aromatic heterocycles. The van der Waals surface area contributed by atoms with Crippen molar-refractivity contribution in [3.8, 4) is 5.69 Å². The van der Waals surface area contributed by atoms with E-state index in [1.807, 2.05) is 19.9 Å². The van der Waals surface area contributed by atoms with Crippen LogP contribution in [0.3, 0.4) is 0 Å². The summed E-state index contributed by atoms with van der Waals surface area (Å²) in [6.07, 6.45) is 3.95. The number of primary amides is 1. The third kappa shape index (κ3) is 5.31. The Morgan fingerprint density at radius 2 is 2.03 bits per heavy atom. The Labute approximate surface area is 184 Å². The summed E-state index contributed by atoms with van der Waals surface area (Å²) < 4.78 is 1.66. The SMILES string of the molecule is CNC(=O)C(CC(C)C)Nc1nc(Nc2cccc(-n3cccn3)c2)c(C(N)=O)c(=O)[nH]1. The molecule has 0 bridgehead atoms. The van der Waals surface area contributed by atoms with Crippen molar-refractivity contribution in [3.63, 3.8) is 0 Å². The zero-order chi connectivity index (χ0) is 23.3. The molecule has 3 aromatic rings. The molecule has 11 heteroatoms. The Bertz CT molecular complexity index is 1150. The Hall–Kier alpha value is -4.15. The van der Waals surface area contributed by atoms with Gasteiger partial charge in [-0.05, 0) is 36.6 Å². The molecule has 0 aliphatic carbocycles. The summed E-state index contributed by atoms with van der Waals surface area (Å²) in [5.41, 5.74) is 5.71.